The summed E-state index contributed by atoms with van der Waals surface area (Å²) in [7, 11) is -1.28. The monoisotopic (exact) mass is 604 g/mol. The summed E-state index contributed by atoms with van der Waals surface area (Å²) in [5.41, 5.74) is 1.60. The highest BCUT2D eigenvalue weighted by Crippen LogP contribution is 2.28. The van der Waals surface area contributed by atoms with Crippen molar-refractivity contribution in [2.75, 3.05) is 24.9 Å². The second-order valence-corrected chi connectivity index (χ2v) is 12.6. The third kappa shape index (κ3) is 7.97. The normalized spacial score (nSPS) is 12.3. The van der Waals surface area contributed by atoms with Crippen LogP contribution in [0.3, 0.4) is 0 Å². The van der Waals surface area contributed by atoms with Gasteiger partial charge < -0.3 is 10.2 Å². The molecule has 3 aromatic carbocycles. The Kier molecular flexibility index (Phi) is 11.0. The molecule has 0 spiro atoms. The summed E-state index contributed by atoms with van der Waals surface area (Å²) in [6, 6.07) is 21.5. The number of benzene rings is 3. The molecule has 0 aliphatic carbocycles. The average molecular weight is 606 g/mol. The molecular formula is C29H34Cl2N4O4S. The van der Waals surface area contributed by atoms with Crippen molar-refractivity contribution >= 4 is 50.9 Å². The van der Waals surface area contributed by atoms with Crippen molar-refractivity contribution in [3.63, 3.8) is 0 Å². The molecule has 0 aliphatic rings. The molecule has 3 aromatic rings. The standard InChI is InChI=1S/C29H34Cl2N4O4S/c1-21(2)32-29(37)27(18-22-12-7-5-8-13-22)34(19-24-25(30)16-11-17-26(24)31)28(36)20-35(40(38,39)33(3)4)23-14-9-6-10-15-23/h5-17,21,27H,18-20H2,1-4H3,(H,32,37)/t27-/m0/s1. The number of anilines is 1. The van der Waals surface area contributed by atoms with Gasteiger partial charge in [0.05, 0.1) is 5.69 Å². The van der Waals surface area contributed by atoms with Gasteiger partial charge in [-0.15, -0.1) is 0 Å². The van der Waals surface area contributed by atoms with E-state index in [1.165, 1.54) is 19.0 Å². The summed E-state index contributed by atoms with van der Waals surface area (Å²) in [4.78, 5) is 29.2. The van der Waals surface area contributed by atoms with Crippen molar-refractivity contribution in [2.45, 2.75) is 38.9 Å². The maximum atomic E-state index is 14.2. The van der Waals surface area contributed by atoms with Crippen molar-refractivity contribution in [3.05, 3.63) is 100 Å². The fourth-order valence-corrected chi connectivity index (χ4v) is 5.67. The molecular weight excluding hydrogens is 571 g/mol. The first kappa shape index (κ1) is 31.4. The summed E-state index contributed by atoms with van der Waals surface area (Å²) < 4.78 is 28.8. The van der Waals surface area contributed by atoms with Crippen LogP contribution >= 0.6 is 23.2 Å². The van der Waals surface area contributed by atoms with Crippen LogP contribution in [0.15, 0.2) is 78.9 Å². The van der Waals surface area contributed by atoms with Gasteiger partial charge in [0.2, 0.25) is 11.8 Å². The van der Waals surface area contributed by atoms with E-state index < -0.39 is 28.7 Å². The number of halogens is 2. The van der Waals surface area contributed by atoms with Gasteiger partial charge in [-0.1, -0.05) is 77.8 Å². The van der Waals surface area contributed by atoms with Crippen LogP contribution in [-0.4, -0.2) is 62.2 Å². The predicted octanol–water partition coefficient (Wildman–Crippen LogP) is 4.77. The minimum absolute atomic E-state index is 0.106. The smallest absolute Gasteiger partial charge is 0.304 e. The van der Waals surface area contributed by atoms with Crippen LogP contribution in [-0.2, 0) is 32.8 Å². The molecule has 0 unspecified atom stereocenters. The largest absolute Gasteiger partial charge is 0.352 e. The van der Waals surface area contributed by atoms with Gasteiger partial charge in [0.15, 0.2) is 0 Å². The van der Waals surface area contributed by atoms with Crippen LogP contribution in [0.4, 0.5) is 5.69 Å². The number of hydrogen-bond donors (Lipinski definition) is 1. The molecule has 2 amide bonds. The van der Waals surface area contributed by atoms with Gasteiger partial charge in [-0.25, -0.2) is 4.31 Å². The first-order valence-electron chi connectivity index (χ1n) is 12.7. The van der Waals surface area contributed by atoms with Gasteiger partial charge in [-0.3, -0.25) is 9.59 Å². The Morgan fingerprint density at radius 3 is 1.93 bits per heavy atom. The molecule has 1 atom stereocenters. The first-order chi connectivity index (χ1) is 18.9. The Hall–Kier alpha value is -3.11. The number of hydrogen-bond acceptors (Lipinski definition) is 4. The van der Waals surface area contributed by atoms with Gasteiger partial charge in [0, 0.05) is 48.7 Å². The van der Waals surface area contributed by atoms with Crippen molar-refractivity contribution in [2.24, 2.45) is 0 Å². The van der Waals surface area contributed by atoms with E-state index in [-0.39, 0.29) is 24.9 Å². The molecule has 0 aromatic heterocycles. The van der Waals surface area contributed by atoms with Crippen LogP contribution in [0.2, 0.25) is 10.0 Å². The highest BCUT2D eigenvalue weighted by molar-refractivity contribution is 7.90. The lowest BCUT2D eigenvalue weighted by molar-refractivity contribution is -0.140. The molecule has 3 rings (SSSR count). The second-order valence-electron chi connectivity index (χ2n) is 9.72. The van der Waals surface area contributed by atoms with E-state index in [4.69, 9.17) is 23.2 Å². The molecule has 214 valence electrons. The van der Waals surface area contributed by atoms with Crippen LogP contribution in [0.5, 0.6) is 0 Å². The van der Waals surface area contributed by atoms with Crippen LogP contribution in [0.25, 0.3) is 0 Å². The Labute approximate surface area is 246 Å². The van der Waals surface area contributed by atoms with E-state index in [1.54, 1.807) is 48.5 Å². The van der Waals surface area contributed by atoms with Crippen molar-refractivity contribution in [1.29, 1.82) is 0 Å². The molecule has 1 N–H and O–H groups in total. The Morgan fingerprint density at radius 2 is 1.40 bits per heavy atom. The summed E-state index contributed by atoms with van der Waals surface area (Å²) in [5, 5.41) is 3.56. The van der Waals surface area contributed by atoms with E-state index in [9.17, 15) is 18.0 Å². The van der Waals surface area contributed by atoms with Gasteiger partial charge in [-0.05, 0) is 43.7 Å². The molecule has 0 heterocycles. The zero-order chi connectivity index (χ0) is 29.4. The Morgan fingerprint density at radius 1 is 0.850 bits per heavy atom. The zero-order valence-electron chi connectivity index (χ0n) is 22.9. The third-order valence-corrected chi connectivity index (χ3v) is 8.68. The van der Waals surface area contributed by atoms with Crippen molar-refractivity contribution in [3.8, 4) is 0 Å². The molecule has 0 fully saturated rings. The van der Waals surface area contributed by atoms with Gasteiger partial charge >= 0.3 is 10.2 Å². The minimum atomic E-state index is -4.07. The number of para-hydroxylation sites is 1. The SMILES string of the molecule is CC(C)NC(=O)[C@H](Cc1ccccc1)N(Cc1c(Cl)cccc1Cl)C(=O)CN(c1ccccc1)S(=O)(=O)N(C)C. The van der Waals surface area contributed by atoms with Gasteiger partial charge in [0.25, 0.3) is 0 Å². The van der Waals surface area contributed by atoms with E-state index >= 15 is 0 Å². The summed E-state index contributed by atoms with van der Waals surface area (Å²) in [5.74, 6) is -0.970. The zero-order valence-corrected chi connectivity index (χ0v) is 25.2. The van der Waals surface area contributed by atoms with Gasteiger partial charge in [0.1, 0.15) is 12.6 Å². The molecule has 0 saturated carbocycles. The predicted molar refractivity (Wildman–Crippen MR) is 161 cm³/mol. The van der Waals surface area contributed by atoms with E-state index in [0.29, 0.717) is 21.3 Å². The number of carbonyl (C=O) groups is 2. The topological polar surface area (TPSA) is 90.0 Å². The summed E-state index contributed by atoms with van der Waals surface area (Å²) >= 11 is 13.0. The highest BCUT2D eigenvalue weighted by atomic mass is 35.5. The maximum absolute atomic E-state index is 14.2. The molecule has 0 radical (unpaired) electrons. The third-order valence-electron chi connectivity index (χ3n) is 6.16. The number of rotatable bonds is 12. The van der Waals surface area contributed by atoms with Gasteiger partial charge in [-0.2, -0.15) is 12.7 Å². The lowest BCUT2D eigenvalue weighted by Gasteiger charge is -2.35. The molecule has 0 saturated heterocycles. The minimum Gasteiger partial charge on any atom is -0.352 e. The maximum Gasteiger partial charge on any atom is 0.304 e. The average Bonchev–Trinajstić information content (AvgIpc) is 2.91. The van der Waals surface area contributed by atoms with E-state index in [0.717, 1.165) is 14.2 Å². The number of nitrogens with zero attached hydrogens (tertiary/aromatic N) is 3. The second kappa shape index (κ2) is 14.0. The number of carbonyl (C=O) groups excluding carboxylic acids is 2. The molecule has 8 nitrogen and oxygen atoms in total. The van der Waals surface area contributed by atoms with E-state index in [2.05, 4.69) is 5.32 Å². The molecule has 0 aliphatic heterocycles. The molecule has 0 bridgehead atoms. The fourth-order valence-electron chi connectivity index (χ4n) is 4.10. The lowest BCUT2D eigenvalue weighted by atomic mass is 10.0. The lowest BCUT2D eigenvalue weighted by Crippen LogP contribution is -2.55. The number of nitrogens with one attached hydrogen (secondary N) is 1. The Balaban J connectivity index is 2.12. The summed E-state index contributed by atoms with van der Waals surface area (Å²) in [6.07, 6.45) is 0.193. The van der Waals surface area contributed by atoms with Crippen LogP contribution in [0.1, 0.15) is 25.0 Å². The summed E-state index contributed by atoms with van der Waals surface area (Å²) in [6.45, 7) is 3.00. The fraction of sp³-hybridized carbons (Fsp3) is 0.310. The first-order valence-corrected chi connectivity index (χ1v) is 14.9. The highest BCUT2D eigenvalue weighted by Gasteiger charge is 2.35. The van der Waals surface area contributed by atoms with Crippen LogP contribution < -0.4 is 9.62 Å². The Bertz CT molecular complexity index is 1380. The number of amides is 2. The quantitative estimate of drug-likeness (QED) is 0.322. The van der Waals surface area contributed by atoms with E-state index in [1.807, 2.05) is 44.2 Å². The molecule has 11 heteroatoms. The molecule has 40 heavy (non-hydrogen) atoms. The van der Waals surface area contributed by atoms with Crippen molar-refractivity contribution in [1.82, 2.24) is 14.5 Å². The van der Waals surface area contributed by atoms with Crippen LogP contribution in [0, 0.1) is 0 Å². The van der Waals surface area contributed by atoms with Crippen molar-refractivity contribution < 1.29 is 18.0 Å².